The minimum absolute atomic E-state index is 0.0486. The van der Waals surface area contributed by atoms with Crippen LogP contribution in [0.2, 0.25) is 0 Å². The Kier molecular flexibility index (Phi) is 5.69. The van der Waals surface area contributed by atoms with Gasteiger partial charge < -0.3 is 4.90 Å². The highest BCUT2D eigenvalue weighted by Crippen LogP contribution is 2.32. The number of rotatable bonds is 4. The lowest BCUT2D eigenvalue weighted by Crippen LogP contribution is -2.38. The van der Waals surface area contributed by atoms with E-state index in [2.05, 4.69) is 0 Å². The van der Waals surface area contributed by atoms with Crippen LogP contribution in [-0.2, 0) is 30.5 Å². The number of benzene rings is 3. The summed E-state index contributed by atoms with van der Waals surface area (Å²) in [7, 11) is 0. The molecule has 2 heterocycles. The second-order valence-corrected chi connectivity index (χ2v) is 8.35. The smallest absolute Gasteiger partial charge is 0.336 e. The van der Waals surface area contributed by atoms with Crippen molar-refractivity contribution in [3.8, 4) is 22.5 Å². The third-order valence-electron chi connectivity index (χ3n) is 6.10. The van der Waals surface area contributed by atoms with Crippen LogP contribution in [0.15, 0.2) is 84.9 Å². The summed E-state index contributed by atoms with van der Waals surface area (Å²) in [6, 6.07) is 25.3. The Morgan fingerprint density at radius 1 is 0.853 bits per heavy atom. The molecule has 4 aromatic rings. The fourth-order valence-electron chi connectivity index (χ4n) is 4.30. The number of alkyl halides is 3. The predicted molar refractivity (Wildman–Crippen MR) is 124 cm³/mol. The maximum Gasteiger partial charge on any atom is 0.416 e. The summed E-state index contributed by atoms with van der Waals surface area (Å²) in [6.45, 7) is 0.716. The van der Waals surface area contributed by atoms with Gasteiger partial charge in [-0.2, -0.15) is 18.3 Å². The first-order valence-corrected chi connectivity index (χ1v) is 11.0. The third kappa shape index (κ3) is 4.46. The van der Waals surface area contributed by atoms with E-state index in [0.29, 0.717) is 25.1 Å². The first-order chi connectivity index (χ1) is 16.4. The van der Waals surface area contributed by atoms with Gasteiger partial charge in [0.25, 0.3) is 0 Å². The molecule has 0 N–H and O–H groups in total. The highest BCUT2D eigenvalue weighted by atomic mass is 19.4. The number of amides is 1. The average molecular weight is 461 g/mol. The number of carbonyl (C=O) groups excluding carboxylic acids is 1. The van der Waals surface area contributed by atoms with Crippen molar-refractivity contribution in [1.29, 1.82) is 0 Å². The van der Waals surface area contributed by atoms with Crippen LogP contribution >= 0.6 is 0 Å². The monoisotopic (exact) mass is 461 g/mol. The van der Waals surface area contributed by atoms with E-state index in [9.17, 15) is 18.0 Å². The van der Waals surface area contributed by atoms with Crippen LogP contribution in [0.5, 0.6) is 0 Å². The lowest BCUT2D eigenvalue weighted by atomic mass is 9.97. The van der Waals surface area contributed by atoms with Crippen molar-refractivity contribution in [2.75, 3.05) is 6.54 Å². The number of hydrogen-bond acceptors (Lipinski definition) is 2. The Morgan fingerprint density at radius 3 is 2.21 bits per heavy atom. The first kappa shape index (κ1) is 21.9. The van der Waals surface area contributed by atoms with Gasteiger partial charge in [0.1, 0.15) is 6.54 Å². The van der Waals surface area contributed by atoms with E-state index in [4.69, 9.17) is 5.10 Å². The lowest BCUT2D eigenvalue weighted by Gasteiger charge is -2.29. The number of nitrogens with zero attached hydrogens (tertiary/aromatic N) is 3. The van der Waals surface area contributed by atoms with Gasteiger partial charge in [-0.3, -0.25) is 9.48 Å². The number of aromatic nitrogens is 2. The van der Waals surface area contributed by atoms with Gasteiger partial charge in [-0.1, -0.05) is 66.7 Å². The maximum atomic E-state index is 13.2. The first-order valence-electron chi connectivity index (χ1n) is 11.0. The van der Waals surface area contributed by atoms with Crippen LogP contribution in [0.4, 0.5) is 13.2 Å². The molecular formula is C27H22F3N3O. The average Bonchev–Trinajstić information content (AvgIpc) is 3.27. The summed E-state index contributed by atoms with van der Waals surface area (Å²) in [6.07, 6.45) is -3.97. The Labute approximate surface area is 195 Å². The van der Waals surface area contributed by atoms with Crippen molar-refractivity contribution >= 4 is 5.91 Å². The van der Waals surface area contributed by atoms with Crippen molar-refractivity contribution in [2.24, 2.45) is 0 Å². The van der Waals surface area contributed by atoms with Crippen LogP contribution < -0.4 is 0 Å². The molecular weight excluding hydrogens is 439 g/mol. The molecule has 0 saturated heterocycles. The van der Waals surface area contributed by atoms with Crippen molar-refractivity contribution < 1.29 is 18.0 Å². The molecule has 0 spiro atoms. The summed E-state index contributed by atoms with van der Waals surface area (Å²) < 4.78 is 40.8. The minimum Gasteiger partial charge on any atom is -0.336 e. The van der Waals surface area contributed by atoms with Crippen molar-refractivity contribution in [2.45, 2.75) is 25.7 Å². The predicted octanol–water partition coefficient (Wildman–Crippen LogP) is 5.82. The summed E-state index contributed by atoms with van der Waals surface area (Å²) in [5, 5.41) is 4.72. The standard InChI is InChI=1S/C27H22F3N3O/c28-27(29,30)23-12-11-22-17-32(14-13-21(22)15-23)26(34)18-33-25(20-9-5-2-6-10-20)16-24(31-33)19-7-3-1-4-8-19/h1-12,15-16H,13-14,17-18H2. The van der Waals surface area contributed by atoms with Crippen molar-refractivity contribution in [3.63, 3.8) is 0 Å². The van der Waals surface area contributed by atoms with Gasteiger partial charge in [0, 0.05) is 18.7 Å². The molecule has 172 valence electrons. The zero-order chi connectivity index (χ0) is 23.7. The van der Waals surface area contributed by atoms with Gasteiger partial charge in [-0.25, -0.2) is 0 Å². The highest BCUT2D eigenvalue weighted by molar-refractivity contribution is 5.78. The molecule has 0 aliphatic carbocycles. The molecule has 0 bridgehead atoms. The molecule has 0 atom stereocenters. The van der Waals surface area contributed by atoms with Crippen molar-refractivity contribution in [1.82, 2.24) is 14.7 Å². The Morgan fingerprint density at radius 2 is 1.53 bits per heavy atom. The van der Waals surface area contributed by atoms with E-state index in [1.165, 1.54) is 12.1 Å². The van der Waals surface area contributed by atoms with Gasteiger partial charge in [-0.05, 0) is 41.3 Å². The lowest BCUT2D eigenvalue weighted by molar-refractivity contribution is -0.138. The molecule has 7 heteroatoms. The van der Waals surface area contributed by atoms with Gasteiger partial charge >= 0.3 is 6.18 Å². The van der Waals surface area contributed by atoms with Gasteiger partial charge in [0.15, 0.2) is 0 Å². The second kappa shape index (κ2) is 8.82. The van der Waals surface area contributed by atoms with Crippen LogP contribution in [0, 0.1) is 0 Å². The van der Waals surface area contributed by atoms with Crippen LogP contribution in [0.3, 0.4) is 0 Å². The minimum atomic E-state index is -4.37. The number of halogens is 3. The van der Waals surface area contributed by atoms with Gasteiger partial charge in [0.05, 0.1) is 17.0 Å². The molecule has 0 radical (unpaired) electrons. The van der Waals surface area contributed by atoms with E-state index in [0.717, 1.165) is 34.1 Å². The number of fused-ring (bicyclic) bond motifs is 1. The zero-order valence-electron chi connectivity index (χ0n) is 18.3. The number of carbonyl (C=O) groups is 1. The van der Waals surface area contributed by atoms with E-state index in [1.54, 1.807) is 9.58 Å². The van der Waals surface area contributed by atoms with Crippen LogP contribution in [0.25, 0.3) is 22.5 Å². The molecule has 1 aliphatic heterocycles. The van der Waals surface area contributed by atoms with E-state index >= 15 is 0 Å². The van der Waals surface area contributed by atoms with E-state index in [1.807, 2.05) is 66.7 Å². The Balaban J connectivity index is 1.40. The molecule has 1 aromatic heterocycles. The zero-order valence-corrected chi connectivity index (χ0v) is 18.3. The summed E-state index contributed by atoms with van der Waals surface area (Å²) >= 11 is 0. The highest BCUT2D eigenvalue weighted by Gasteiger charge is 2.32. The Bertz CT molecular complexity index is 1310. The molecule has 3 aromatic carbocycles. The molecule has 1 amide bonds. The quantitative estimate of drug-likeness (QED) is 0.384. The van der Waals surface area contributed by atoms with Gasteiger partial charge in [-0.15, -0.1) is 0 Å². The van der Waals surface area contributed by atoms with Crippen molar-refractivity contribution in [3.05, 3.63) is 102 Å². The Hall–Kier alpha value is -3.87. The molecule has 4 nitrogen and oxygen atoms in total. The SMILES string of the molecule is O=C(Cn1nc(-c2ccccc2)cc1-c1ccccc1)N1CCc2cc(C(F)(F)F)ccc2C1. The van der Waals surface area contributed by atoms with E-state index in [-0.39, 0.29) is 12.5 Å². The molecule has 0 fully saturated rings. The van der Waals surface area contributed by atoms with Gasteiger partial charge in [0.2, 0.25) is 5.91 Å². The fourth-order valence-corrected chi connectivity index (χ4v) is 4.30. The van der Waals surface area contributed by atoms with E-state index < -0.39 is 11.7 Å². The fraction of sp³-hybridized carbons (Fsp3) is 0.185. The summed E-state index contributed by atoms with van der Waals surface area (Å²) in [5.74, 6) is -0.120. The third-order valence-corrected chi connectivity index (χ3v) is 6.10. The summed E-state index contributed by atoms with van der Waals surface area (Å²) in [4.78, 5) is 14.9. The van der Waals surface area contributed by atoms with Crippen LogP contribution in [0.1, 0.15) is 16.7 Å². The largest absolute Gasteiger partial charge is 0.416 e. The van der Waals surface area contributed by atoms with Crippen LogP contribution in [-0.4, -0.2) is 27.1 Å². The molecule has 34 heavy (non-hydrogen) atoms. The molecule has 0 unspecified atom stereocenters. The molecule has 0 saturated carbocycles. The second-order valence-electron chi connectivity index (χ2n) is 8.35. The molecule has 5 rings (SSSR count). The molecule has 1 aliphatic rings. The topological polar surface area (TPSA) is 38.1 Å². The maximum absolute atomic E-state index is 13.2. The summed E-state index contributed by atoms with van der Waals surface area (Å²) in [5.41, 5.74) is 4.27. The number of hydrogen-bond donors (Lipinski definition) is 0. The normalized spacial score (nSPS) is 13.6.